The molecule has 1 N–H and O–H groups in total. The minimum absolute atomic E-state index is 0.110. The van der Waals surface area contributed by atoms with Crippen LogP contribution in [0.3, 0.4) is 0 Å². The Labute approximate surface area is 89.6 Å². The summed E-state index contributed by atoms with van der Waals surface area (Å²) in [7, 11) is -2.89. The molecule has 15 heavy (non-hydrogen) atoms. The van der Waals surface area contributed by atoms with E-state index in [1.54, 1.807) is 0 Å². The van der Waals surface area contributed by atoms with Crippen LogP contribution in [0.25, 0.3) is 0 Å². The van der Waals surface area contributed by atoms with Crippen molar-refractivity contribution >= 4 is 9.84 Å². The lowest BCUT2D eigenvalue weighted by atomic mass is 10.1. The van der Waals surface area contributed by atoms with Crippen molar-refractivity contribution in [1.82, 2.24) is 5.32 Å². The molecule has 0 radical (unpaired) electrons. The Kier molecular flexibility index (Phi) is 2.60. The quantitative estimate of drug-likeness (QED) is 0.779. The highest BCUT2D eigenvalue weighted by atomic mass is 32.2. The van der Waals surface area contributed by atoms with E-state index in [1.165, 1.54) is 0 Å². The van der Waals surface area contributed by atoms with Gasteiger partial charge in [-0.2, -0.15) is 0 Å². The topological polar surface area (TPSA) is 59.3 Å². The summed E-state index contributed by atoms with van der Waals surface area (Å²) < 4.78 is 28.4. The molecule has 0 saturated carbocycles. The highest BCUT2D eigenvalue weighted by Crippen LogP contribution is 2.24. The second kappa shape index (κ2) is 3.64. The van der Waals surface area contributed by atoms with Crippen LogP contribution in [0.4, 0.5) is 0 Å². The molecule has 0 aliphatic carbocycles. The van der Waals surface area contributed by atoms with E-state index < -0.39 is 9.84 Å². The molecule has 1 aromatic heterocycles. The Hall–Kier alpha value is -0.810. The van der Waals surface area contributed by atoms with Gasteiger partial charge in [0.15, 0.2) is 9.84 Å². The summed E-state index contributed by atoms with van der Waals surface area (Å²) in [5.74, 6) is 2.04. The molecule has 1 fully saturated rings. The van der Waals surface area contributed by atoms with Gasteiger partial charge in [0.2, 0.25) is 0 Å². The molecule has 84 valence electrons. The Morgan fingerprint density at radius 2 is 2.20 bits per heavy atom. The van der Waals surface area contributed by atoms with Crippen molar-refractivity contribution in [2.24, 2.45) is 0 Å². The lowest BCUT2D eigenvalue weighted by Gasteiger charge is -2.23. The predicted molar refractivity (Wildman–Crippen MR) is 57.6 cm³/mol. The first-order valence-corrected chi connectivity index (χ1v) is 6.81. The van der Waals surface area contributed by atoms with E-state index in [0.29, 0.717) is 6.54 Å². The maximum Gasteiger partial charge on any atom is 0.153 e. The standard InChI is InChI=1S/C10H15NO3S/c1-7-5-9(8(2)14-7)10-6-15(12,13)4-3-11-10/h5,10-11H,3-4,6H2,1-2H3/t10-/m1/s1. The zero-order chi connectivity index (χ0) is 11.1. The number of nitrogens with one attached hydrogen (secondary N) is 1. The predicted octanol–water partition coefficient (Wildman–Crippen LogP) is 0.956. The van der Waals surface area contributed by atoms with Crippen molar-refractivity contribution in [3.05, 3.63) is 23.2 Å². The van der Waals surface area contributed by atoms with Gasteiger partial charge < -0.3 is 9.73 Å². The van der Waals surface area contributed by atoms with Gasteiger partial charge in [0.25, 0.3) is 0 Å². The first-order chi connectivity index (χ1) is 6.98. The van der Waals surface area contributed by atoms with E-state index in [-0.39, 0.29) is 17.5 Å². The zero-order valence-electron chi connectivity index (χ0n) is 8.91. The minimum atomic E-state index is -2.89. The van der Waals surface area contributed by atoms with Crippen molar-refractivity contribution in [3.63, 3.8) is 0 Å². The molecule has 2 heterocycles. The van der Waals surface area contributed by atoms with Gasteiger partial charge in [-0.25, -0.2) is 8.42 Å². The molecule has 2 rings (SSSR count). The van der Waals surface area contributed by atoms with Gasteiger partial charge in [-0.1, -0.05) is 0 Å². The van der Waals surface area contributed by atoms with E-state index in [0.717, 1.165) is 17.1 Å². The number of furan rings is 1. The summed E-state index contributed by atoms with van der Waals surface area (Å²) in [4.78, 5) is 0. The molecular formula is C10H15NO3S. The van der Waals surface area contributed by atoms with Crippen molar-refractivity contribution in [3.8, 4) is 0 Å². The van der Waals surface area contributed by atoms with E-state index in [2.05, 4.69) is 5.32 Å². The first-order valence-electron chi connectivity index (χ1n) is 4.99. The van der Waals surface area contributed by atoms with Crippen LogP contribution in [-0.4, -0.2) is 26.5 Å². The average molecular weight is 229 g/mol. The molecule has 0 spiro atoms. The summed E-state index contributed by atoms with van der Waals surface area (Å²) in [5.41, 5.74) is 0.968. The number of sulfone groups is 1. The number of rotatable bonds is 1. The molecule has 0 amide bonds. The van der Waals surface area contributed by atoms with Crippen molar-refractivity contribution in [2.45, 2.75) is 19.9 Å². The zero-order valence-corrected chi connectivity index (χ0v) is 9.73. The summed E-state index contributed by atoms with van der Waals surface area (Å²) in [6.45, 7) is 4.26. The van der Waals surface area contributed by atoms with Crippen LogP contribution in [0.15, 0.2) is 10.5 Å². The Morgan fingerprint density at radius 1 is 1.47 bits per heavy atom. The van der Waals surface area contributed by atoms with Gasteiger partial charge in [-0.05, 0) is 19.9 Å². The maximum absolute atomic E-state index is 11.5. The molecule has 0 unspecified atom stereocenters. The van der Waals surface area contributed by atoms with Crippen LogP contribution in [0.5, 0.6) is 0 Å². The van der Waals surface area contributed by atoms with E-state index in [1.807, 2.05) is 19.9 Å². The van der Waals surface area contributed by atoms with Crippen LogP contribution < -0.4 is 5.32 Å². The van der Waals surface area contributed by atoms with Crippen LogP contribution in [0, 0.1) is 13.8 Å². The van der Waals surface area contributed by atoms with Crippen LogP contribution in [0.1, 0.15) is 23.1 Å². The second-order valence-electron chi connectivity index (χ2n) is 3.99. The lowest BCUT2D eigenvalue weighted by molar-refractivity contribution is 0.486. The fourth-order valence-corrected chi connectivity index (χ4v) is 3.38. The van der Waals surface area contributed by atoms with Crippen molar-refractivity contribution in [1.29, 1.82) is 0 Å². The van der Waals surface area contributed by atoms with Gasteiger partial charge in [0.05, 0.1) is 11.5 Å². The van der Waals surface area contributed by atoms with Crippen LogP contribution in [-0.2, 0) is 9.84 Å². The Balaban J connectivity index is 2.28. The molecule has 4 nitrogen and oxygen atoms in total. The highest BCUT2D eigenvalue weighted by Gasteiger charge is 2.27. The molecule has 1 aliphatic rings. The Morgan fingerprint density at radius 3 is 2.73 bits per heavy atom. The third-order valence-electron chi connectivity index (χ3n) is 2.68. The lowest BCUT2D eigenvalue weighted by Crippen LogP contribution is -2.39. The molecule has 1 atom stereocenters. The monoisotopic (exact) mass is 229 g/mol. The van der Waals surface area contributed by atoms with Crippen molar-refractivity contribution in [2.75, 3.05) is 18.1 Å². The third kappa shape index (κ3) is 2.23. The van der Waals surface area contributed by atoms with Crippen LogP contribution in [0.2, 0.25) is 0 Å². The van der Waals surface area contributed by atoms with Gasteiger partial charge in [-0.15, -0.1) is 0 Å². The highest BCUT2D eigenvalue weighted by molar-refractivity contribution is 7.91. The van der Waals surface area contributed by atoms with Crippen molar-refractivity contribution < 1.29 is 12.8 Å². The fraction of sp³-hybridized carbons (Fsp3) is 0.600. The van der Waals surface area contributed by atoms with E-state index >= 15 is 0 Å². The van der Waals surface area contributed by atoms with E-state index in [9.17, 15) is 8.42 Å². The first kappa shape index (κ1) is 10.7. The summed E-state index contributed by atoms with van der Waals surface area (Å²) in [6.07, 6.45) is 0. The van der Waals surface area contributed by atoms with Gasteiger partial charge >= 0.3 is 0 Å². The molecular weight excluding hydrogens is 214 g/mol. The summed E-state index contributed by atoms with van der Waals surface area (Å²) in [6, 6.07) is 1.80. The molecule has 1 saturated heterocycles. The summed E-state index contributed by atoms with van der Waals surface area (Å²) in [5, 5.41) is 3.21. The number of hydrogen-bond acceptors (Lipinski definition) is 4. The van der Waals surface area contributed by atoms with Gasteiger partial charge in [0.1, 0.15) is 11.5 Å². The molecule has 1 aromatic rings. The molecule has 5 heteroatoms. The maximum atomic E-state index is 11.5. The number of aryl methyl sites for hydroxylation is 2. The Bertz CT molecular complexity index is 461. The number of hydrogen-bond donors (Lipinski definition) is 1. The third-order valence-corrected chi connectivity index (χ3v) is 4.35. The summed E-state index contributed by atoms with van der Waals surface area (Å²) >= 11 is 0. The normalized spacial score (nSPS) is 25.3. The minimum Gasteiger partial charge on any atom is -0.466 e. The largest absolute Gasteiger partial charge is 0.466 e. The molecule has 0 aromatic carbocycles. The SMILES string of the molecule is Cc1cc([C@H]2CS(=O)(=O)CCN2)c(C)o1. The van der Waals surface area contributed by atoms with Gasteiger partial charge in [0, 0.05) is 18.2 Å². The van der Waals surface area contributed by atoms with E-state index in [4.69, 9.17) is 4.42 Å². The second-order valence-corrected chi connectivity index (χ2v) is 6.22. The molecule has 1 aliphatic heterocycles. The smallest absolute Gasteiger partial charge is 0.153 e. The average Bonchev–Trinajstić information content (AvgIpc) is 2.43. The molecule has 0 bridgehead atoms. The van der Waals surface area contributed by atoms with Gasteiger partial charge in [-0.3, -0.25) is 0 Å². The fourth-order valence-electron chi connectivity index (χ4n) is 1.98. The van der Waals surface area contributed by atoms with Crippen LogP contribution >= 0.6 is 0 Å².